The molecule has 0 aliphatic rings. The normalized spacial score (nSPS) is 9.87. The molecular formula is C11H20BrN3. The van der Waals surface area contributed by atoms with Gasteiger partial charge in [-0.15, -0.1) is 0 Å². The van der Waals surface area contributed by atoms with Crippen LogP contribution in [0.5, 0.6) is 0 Å². The van der Waals surface area contributed by atoms with Crippen LogP contribution in [0.1, 0.15) is 31.1 Å². The van der Waals surface area contributed by atoms with E-state index in [0.29, 0.717) is 0 Å². The van der Waals surface area contributed by atoms with Crippen molar-refractivity contribution in [3.63, 3.8) is 0 Å². The SMILES string of the molecule is CC.Cc1nc(CN(C)C)nc(C)c1Br. The minimum Gasteiger partial charge on any atom is -0.302 e. The van der Waals surface area contributed by atoms with Crippen molar-refractivity contribution in [2.75, 3.05) is 14.1 Å². The molecule has 0 aromatic carbocycles. The molecule has 0 atom stereocenters. The van der Waals surface area contributed by atoms with Crippen molar-refractivity contribution in [3.05, 3.63) is 21.7 Å². The molecule has 86 valence electrons. The molecule has 3 nitrogen and oxygen atoms in total. The van der Waals surface area contributed by atoms with E-state index in [-0.39, 0.29) is 0 Å². The molecule has 0 fully saturated rings. The lowest BCUT2D eigenvalue weighted by Crippen LogP contribution is -2.14. The van der Waals surface area contributed by atoms with Gasteiger partial charge in [-0.1, -0.05) is 13.8 Å². The lowest BCUT2D eigenvalue weighted by atomic mass is 10.3. The quantitative estimate of drug-likeness (QED) is 0.830. The summed E-state index contributed by atoms with van der Waals surface area (Å²) in [5.41, 5.74) is 2.01. The maximum atomic E-state index is 4.37. The molecule has 1 aromatic heterocycles. The van der Waals surface area contributed by atoms with Gasteiger partial charge in [0.2, 0.25) is 0 Å². The third-order valence-corrected chi connectivity index (χ3v) is 2.83. The minimum atomic E-state index is 0.787. The highest BCUT2D eigenvalue weighted by Gasteiger charge is 2.05. The summed E-state index contributed by atoms with van der Waals surface area (Å²) < 4.78 is 1.01. The highest BCUT2D eigenvalue weighted by Crippen LogP contribution is 2.17. The van der Waals surface area contributed by atoms with Crippen molar-refractivity contribution in [2.45, 2.75) is 34.2 Å². The van der Waals surface area contributed by atoms with Crippen molar-refractivity contribution in [1.29, 1.82) is 0 Å². The molecule has 1 aromatic rings. The third-order valence-electron chi connectivity index (χ3n) is 1.69. The summed E-state index contributed by atoms with van der Waals surface area (Å²) in [7, 11) is 4.02. The Bertz CT molecular complexity index is 288. The Hall–Kier alpha value is -0.480. The molecule has 0 aliphatic heterocycles. The monoisotopic (exact) mass is 273 g/mol. The number of nitrogens with zero attached hydrogens (tertiary/aromatic N) is 3. The van der Waals surface area contributed by atoms with Crippen molar-refractivity contribution >= 4 is 15.9 Å². The molecule has 0 saturated carbocycles. The van der Waals surface area contributed by atoms with Crippen molar-refractivity contribution in [1.82, 2.24) is 14.9 Å². The van der Waals surface area contributed by atoms with Gasteiger partial charge in [-0.05, 0) is 43.9 Å². The van der Waals surface area contributed by atoms with E-state index in [2.05, 4.69) is 30.8 Å². The van der Waals surface area contributed by atoms with E-state index in [1.807, 2.05) is 41.8 Å². The molecule has 0 saturated heterocycles. The first-order chi connectivity index (χ1) is 7.00. The van der Waals surface area contributed by atoms with Crippen LogP contribution in [0.3, 0.4) is 0 Å². The molecule has 0 spiro atoms. The maximum Gasteiger partial charge on any atom is 0.142 e. The first-order valence-electron chi connectivity index (χ1n) is 5.15. The maximum absolute atomic E-state index is 4.37. The fourth-order valence-electron chi connectivity index (χ4n) is 1.13. The van der Waals surface area contributed by atoms with Crippen molar-refractivity contribution < 1.29 is 0 Å². The second-order valence-corrected chi connectivity index (χ2v) is 4.16. The smallest absolute Gasteiger partial charge is 0.142 e. The first kappa shape index (κ1) is 14.5. The van der Waals surface area contributed by atoms with E-state index >= 15 is 0 Å². The van der Waals surface area contributed by atoms with Gasteiger partial charge in [0, 0.05) is 0 Å². The predicted octanol–water partition coefficient (Wildman–Crippen LogP) is 2.94. The van der Waals surface area contributed by atoms with Gasteiger partial charge in [-0.3, -0.25) is 0 Å². The van der Waals surface area contributed by atoms with E-state index in [0.717, 1.165) is 28.2 Å². The van der Waals surface area contributed by atoms with Gasteiger partial charge in [0.15, 0.2) is 0 Å². The Morgan fingerprint density at radius 3 is 1.80 bits per heavy atom. The molecule has 0 N–H and O–H groups in total. The number of aryl methyl sites for hydroxylation is 2. The second kappa shape index (κ2) is 6.90. The Labute approximate surface area is 101 Å². The van der Waals surface area contributed by atoms with Crippen LogP contribution in [-0.2, 0) is 6.54 Å². The molecule has 0 aliphatic carbocycles. The summed E-state index contributed by atoms with van der Waals surface area (Å²) in [5, 5.41) is 0. The molecule has 4 heteroatoms. The van der Waals surface area contributed by atoms with Gasteiger partial charge >= 0.3 is 0 Å². The van der Waals surface area contributed by atoms with Crippen molar-refractivity contribution in [3.8, 4) is 0 Å². The highest BCUT2D eigenvalue weighted by atomic mass is 79.9. The number of hydrogen-bond acceptors (Lipinski definition) is 3. The number of rotatable bonds is 2. The minimum absolute atomic E-state index is 0.787. The van der Waals surface area contributed by atoms with Gasteiger partial charge in [0.1, 0.15) is 5.82 Å². The topological polar surface area (TPSA) is 29.0 Å². The standard InChI is InChI=1S/C9H14BrN3.C2H6/c1-6-9(10)7(2)12-8(11-6)5-13(3)4;1-2/h5H2,1-4H3;1-2H3. The van der Waals surface area contributed by atoms with Crippen LogP contribution < -0.4 is 0 Å². The summed E-state index contributed by atoms with van der Waals surface area (Å²) in [5.74, 6) is 0.878. The van der Waals surface area contributed by atoms with E-state index in [1.165, 1.54) is 0 Å². The average molecular weight is 274 g/mol. The van der Waals surface area contributed by atoms with Crippen LogP contribution >= 0.6 is 15.9 Å². The zero-order chi connectivity index (χ0) is 12.0. The van der Waals surface area contributed by atoms with E-state index in [1.54, 1.807) is 0 Å². The van der Waals surface area contributed by atoms with E-state index < -0.39 is 0 Å². The largest absolute Gasteiger partial charge is 0.302 e. The molecule has 0 bridgehead atoms. The molecule has 15 heavy (non-hydrogen) atoms. The van der Waals surface area contributed by atoms with Gasteiger partial charge in [-0.25, -0.2) is 9.97 Å². The highest BCUT2D eigenvalue weighted by molar-refractivity contribution is 9.10. The van der Waals surface area contributed by atoms with Crippen LogP contribution in [0.15, 0.2) is 4.47 Å². The lowest BCUT2D eigenvalue weighted by Gasteiger charge is -2.10. The summed E-state index contributed by atoms with van der Waals surface area (Å²) >= 11 is 3.44. The zero-order valence-corrected chi connectivity index (χ0v) is 12.0. The Kier molecular flexibility index (Phi) is 6.68. The fraction of sp³-hybridized carbons (Fsp3) is 0.636. The molecule has 0 unspecified atom stereocenters. The van der Waals surface area contributed by atoms with Gasteiger partial charge in [-0.2, -0.15) is 0 Å². The van der Waals surface area contributed by atoms with Crippen LogP contribution in [0.25, 0.3) is 0 Å². The Morgan fingerprint density at radius 2 is 1.47 bits per heavy atom. The van der Waals surface area contributed by atoms with Crippen molar-refractivity contribution in [2.24, 2.45) is 0 Å². The van der Waals surface area contributed by atoms with Crippen LogP contribution in [0.2, 0.25) is 0 Å². The third kappa shape index (κ3) is 4.71. The summed E-state index contributed by atoms with van der Waals surface area (Å²) in [6.07, 6.45) is 0. The van der Waals surface area contributed by atoms with Crippen LogP contribution in [0, 0.1) is 13.8 Å². The number of aromatic nitrogens is 2. The molecule has 1 heterocycles. The molecule has 0 amide bonds. The number of hydrogen-bond donors (Lipinski definition) is 0. The summed E-state index contributed by atoms with van der Waals surface area (Å²) in [6.45, 7) is 8.75. The van der Waals surface area contributed by atoms with Gasteiger partial charge in [0.05, 0.1) is 22.4 Å². The zero-order valence-electron chi connectivity index (χ0n) is 10.4. The Morgan fingerprint density at radius 1 is 1.07 bits per heavy atom. The Balaban J connectivity index is 0.000000921. The molecule has 0 radical (unpaired) electrons. The van der Waals surface area contributed by atoms with E-state index in [9.17, 15) is 0 Å². The fourth-order valence-corrected chi connectivity index (χ4v) is 1.30. The molecule has 1 rings (SSSR count). The lowest BCUT2D eigenvalue weighted by molar-refractivity contribution is 0.389. The molecular weight excluding hydrogens is 254 g/mol. The number of halogens is 1. The average Bonchev–Trinajstić information content (AvgIpc) is 2.16. The first-order valence-corrected chi connectivity index (χ1v) is 5.94. The predicted molar refractivity (Wildman–Crippen MR) is 67.9 cm³/mol. The second-order valence-electron chi connectivity index (χ2n) is 3.36. The van der Waals surface area contributed by atoms with E-state index in [4.69, 9.17) is 0 Å². The summed E-state index contributed by atoms with van der Waals surface area (Å²) in [4.78, 5) is 10.8. The van der Waals surface area contributed by atoms with Gasteiger partial charge < -0.3 is 4.90 Å². The summed E-state index contributed by atoms with van der Waals surface area (Å²) in [6, 6.07) is 0. The van der Waals surface area contributed by atoms with Crippen LogP contribution in [-0.4, -0.2) is 29.0 Å². The van der Waals surface area contributed by atoms with Crippen LogP contribution in [0.4, 0.5) is 0 Å². The van der Waals surface area contributed by atoms with Gasteiger partial charge in [0.25, 0.3) is 0 Å².